The first-order valence-electron chi connectivity index (χ1n) is 9.40. The van der Waals surface area contributed by atoms with Crippen LogP contribution in [-0.4, -0.2) is 0 Å². The molecule has 0 aliphatic heterocycles. The van der Waals surface area contributed by atoms with Gasteiger partial charge in [0.05, 0.1) is 0 Å². The summed E-state index contributed by atoms with van der Waals surface area (Å²) in [5.41, 5.74) is 6.11. The maximum Gasteiger partial charge on any atom is -0.0150 e. The molecule has 0 heterocycles. The highest BCUT2D eigenvalue weighted by atomic mass is 14.2. The highest BCUT2D eigenvalue weighted by Gasteiger charge is 2.10. The van der Waals surface area contributed by atoms with E-state index in [1.807, 2.05) is 0 Å². The Morgan fingerprint density at radius 2 is 1.48 bits per heavy atom. The van der Waals surface area contributed by atoms with E-state index in [0.717, 1.165) is 6.42 Å². The van der Waals surface area contributed by atoms with Crippen molar-refractivity contribution in [3.05, 3.63) is 70.8 Å². The third kappa shape index (κ3) is 5.53. The zero-order valence-electron chi connectivity index (χ0n) is 15.1. The number of unbranched alkanes of at least 4 members (excludes halogenated alkanes) is 2. The summed E-state index contributed by atoms with van der Waals surface area (Å²) >= 11 is 0. The van der Waals surface area contributed by atoms with Crippen LogP contribution in [0.1, 0.15) is 74.6 Å². The lowest BCUT2D eigenvalue weighted by atomic mass is 9.88. The van der Waals surface area contributed by atoms with Crippen LogP contribution in [0.3, 0.4) is 0 Å². The predicted molar refractivity (Wildman–Crippen MR) is 102 cm³/mol. The van der Waals surface area contributed by atoms with Crippen molar-refractivity contribution in [3.63, 3.8) is 0 Å². The van der Waals surface area contributed by atoms with Crippen molar-refractivity contribution in [1.29, 1.82) is 0 Å². The average molecular weight is 309 g/mol. The number of hydrogen-bond donors (Lipinski definition) is 0. The van der Waals surface area contributed by atoms with Crippen molar-refractivity contribution in [2.45, 2.75) is 71.6 Å². The molecule has 23 heavy (non-hydrogen) atoms. The van der Waals surface area contributed by atoms with Crippen LogP contribution < -0.4 is 0 Å². The Bertz CT molecular complexity index is 568. The molecule has 0 bridgehead atoms. The molecule has 0 aromatic heterocycles. The molecular weight excluding hydrogens is 276 g/mol. The van der Waals surface area contributed by atoms with Gasteiger partial charge in [-0.25, -0.2) is 0 Å². The average Bonchev–Trinajstić information content (AvgIpc) is 2.60. The van der Waals surface area contributed by atoms with Crippen LogP contribution in [-0.2, 0) is 19.3 Å². The maximum atomic E-state index is 2.48. The lowest BCUT2D eigenvalue weighted by molar-refractivity contribution is 0.731. The van der Waals surface area contributed by atoms with E-state index in [-0.39, 0.29) is 0 Å². The molecule has 2 aromatic carbocycles. The molecule has 124 valence electrons. The maximum absolute atomic E-state index is 2.48. The van der Waals surface area contributed by atoms with Crippen LogP contribution in [0.15, 0.2) is 48.5 Å². The van der Waals surface area contributed by atoms with Gasteiger partial charge < -0.3 is 0 Å². The van der Waals surface area contributed by atoms with E-state index in [4.69, 9.17) is 0 Å². The van der Waals surface area contributed by atoms with Crippen LogP contribution in [0, 0.1) is 0 Å². The van der Waals surface area contributed by atoms with E-state index < -0.39 is 0 Å². The number of aryl methyl sites for hydroxylation is 2. The first-order chi connectivity index (χ1) is 11.2. The summed E-state index contributed by atoms with van der Waals surface area (Å²) < 4.78 is 0. The van der Waals surface area contributed by atoms with E-state index in [2.05, 4.69) is 69.3 Å². The molecule has 0 aliphatic carbocycles. The van der Waals surface area contributed by atoms with Crippen molar-refractivity contribution in [2.75, 3.05) is 0 Å². The van der Waals surface area contributed by atoms with Gasteiger partial charge in [0.1, 0.15) is 0 Å². The van der Waals surface area contributed by atoms with Crippen LogP contribution in [0.2, 0.25) is 0 Å². The fourth-order valence-electron chi connectivity index (χ4n) is 3.24. The molecule has 0 aliphatic rings. The van der Waals surface area contributed by atoms with E-state index >= 15 is 0 Å². The number of hydrogen-bond acceptors (Lipinski definition) is 0. The number of rotatable bonds is 9. The van der Waals surface area contributed by atoms with Gasteiger partial charge in [0.2, 0.25) is 0 Å². The molecule has 0 saturated heterocycles. The fraction of sp³-hybridized carbons (Fsp3) is 0.478. The lowest BCUT2D eigenvalue weighted by Crippen LogP contribution is -2.03. The molecule has 1 atom stereocenters. The summed E-state index contributed by atoms with van der Waals surface area (Å²) in [6.07, 6.45) is 8.75. The Morgan fingerprint density at radius 1 is 0.783 bits per heavy atom. The second kappa shape index (κ2) is 9.55. The Labute approximate surface area is 143 Å². The van der Waals surface area contributed by atoms with Crippen LogP contribution in [0.4, 0.5) is 0 Å². The molecule has 0 fully saturated rings. The molecule has 0 N–H and O–H groups in total. The summed E-state index contributed by atoms with van der Waals surface area (Å²) in [4.78, 5) is 0. The zero-order valence-corrected chi connectivity index (χ0v) is 15.1. The molecular formula is C23H32. The normalized spacial score (nSPS) is 12.3. The Balaban J connectivity index is 2.15. The molecule has 0 nitrogen and oxygen atoms in total. The monoisotopic (exact) mass is 308 g/mol. The van der Waals surface area contributed by atoms with Gasteiger partial charge in [-0.2, -0.15) is 0 Å². The Kier molecular flexibility index (Phi) is 7.39. The smallest absolute Gasteiger partial charge is 0.0150 e. The summed E-state index contributed by atoms with van der Waals surface area (Å²) in [6, 6.07) is 18.2. The van der Waals surface area contributed by atoms with Gasteiger partial charge in [0.15, 0.2) is 0 Å². The Hall–Kier alpha value is -1.56. The molecule has 0 amide bonds. The molecule has 0 heteroatoms. The summed E-state index contributed by atoms with van der Waals surface area (Å²) in [5.74, 6) is 0.582. The minimum Gasteiger partial charge on any atom is -0.0654 e. The van der Waals surface area contributed by atoms with Gasteiger partial charge >= 0.3 is 0 Å². The molecule has 0 spiro atoms. The van der Waals surface area contributed by atoms with E-state index in [9.17, 15) is 0 Å². The summed E-state index contributed by atoms with van der Waals surface area (Å²) in [6.45, 7) is 6.91. The van der Waals surface area contributed by atoms with E-state index in [1.54, 1.807) is 11.1 Å². The standard InChI is InChI=1S/C23H32/c1-4-6-11-20-15-16-23(22(18-20)12-7-5-2)17-19(3)21-13-9-8-10-14-21/h8-10,13-16,18-19H,4-7,11-12,17H2,1-3H3. The van der Waals surface area contributed by atoms with Crippen LogP contribution in [0.5, 0.6) is 0 Å². The Morgan fingerprint density at radius 3 is 2.17 bits per heavy atom. The first-order valence-corrected chi connectivity index (χ1v) is 9.40. The zero-order chi connectivity index (χ0) is 16.5. The minimum atomic E-state index is 0.582. The van der Waals surface area contributed by atoms with Gasteiger partial charge in [-0.1, -0.05) is 82.1 Å². The van der Waals surface area contributed by atoms with Crippen molar-refractivity contribution < 1.29 is 0 Å². The van der Waals surface area contributed by atoms with Crippen molar-refractivity contribution in [3.8, 4) is 0 Å². The fourth-order valence-corrected chi connectivity index (χ4v) is 3.24. The first kappa shape index (κ1) is 17.8. The van der Waals surface area contributed by atoms with Crippen LogP contribution >= 0.6 is 0 Å². The van der Waals surface area contributed by atoms with Crippen molar-refractivity contribution in [1.82, 2.24) is 0 Å². The molecule has 1 unspecified atom stereocenters. The molecule has 2 rings (SSSR count). The molecule has 0 radical (unpaired) electrons. The van der Waals surface area contributed by atoms with Crippen molar-refractivity contribution >= 4 is 0 Å². The van der Waals surface area contributed by atoms with Gasteiger partial charge in [-0.05, 0) is 60.3 Å². The van der Waals surface area contributed by atoms with E-state index in [0.29, 0.717) is 5.92 Å². The van der Waals surface area contributed by atoms with Gasteiger partial charge in [-0.15, -0.1) is 0 Å². The topological polar surface area (TPSA) is 0 Å². The van der Waals surface area contributed by atoms with Gasteiger partial charge in [-0.3, -0.25) is 0 Å². The van der Waals surface area contributed by atoms with Gasteiger partial charge in [0.25, 0.3) is 0 Å². The third-order valence-electron chi connectivity index (χ3n) is 4.78. The van der Waals surface area contributed by atoms with Crippen LogP contribution in [0.25, 0.3) is 0 Å². The lowest BCUT2D eigenvalue weighted by Gasteiger charge is -2.16. The summed E-state index contributed by atoms with van der Waals surface area (Å²) in [7, 11) is 0. The third-order valence-corrected chi connectivity index (χ3v) is 4.78. The SMILES string of the molecule is CCCCc1ccc(CC(C)c2ccccc2)c(CCCC)c1. The quantitative estimate of drug-likeness (QED) is 0.482. The molecule has 0 saturated carbocycles. The van der Waals surface area contributed by atoms with Crippen molar-refractivity contribution in [2.24, 2.45) is 0 Å². The van der Waals surface area contributed by atoms with E-state index in [1.165, 1.54) is 49.7 Å². The predicted octanol–water partition coefficient (Wildman–Crippen LogP) is 6.72. The second-order valence-corrected chi connectivity index (χ2v) is 6.83. The summed E-state index contributed by atoms with van der Waals surface area (Å²) in [5, 5.41) is 0. The number of benzene rings is 2. The highest BCUT2D eigenvalue weighted by Crippen LogP contribution is 2.24. The second-order valence-electron chi connectivity index (χ2n) is 6.83. The largest absolute Gasteiger partial charge is 0.0654 e. The van der Waals surface area contributed by atoms with Gasteiger partial charge in [0, 0.05) is 0 Å². The minimum absolute atomic E-state index is 0.582. The molecule has 2 aromatic rings. The highest BCUT2D eigenvalue weighted by molar-refractivity contribution is 5.34.